The smallest absolute Gasteiger partial charge is 0.249 e. The van der Waals surface area contributed by atoms with Gasteiger partial charge >= 0.3 is 0 Å². The summed E-state index contributed by atoms with van der Waals surface area (Å²) in [6.45, 7) is 2.53. The molecule has 0 aliphatic carbocycles. The molecule has 1 amide bonds. The second-order valence-corrected chi connectivity index (χ2v) is 6.24. The van der Waals surface area contributed by atoms with Crippen molar-refractivity contribution in [1.29, 1.82) is 0 Å². The minimum atomic E-state index is -0.439. The van der Waals surface area contributed by atoms with E-state index in [1.807, 2.05) is 19.1 Å². The summed E-state index contributed by atoms with van der Waals surface area (Å²) in [5.41, 5.74) is 7.22. The van der Waals surface area contributed by atoms with Gasteiger partial charge in [0.05, 0.1) is 18.3 Å². The lowest BCUT2D eigenvalue weighted by molar-refractivity contribution is -0.132. The van der Waals surface area contributed by atoms with Crippen LogP contribution in [0.5, 0.6) is 0 Å². The van der Waals surface area contributed by atoms with Crippen LogP contribution in [0.25, 0.3) is 11.3 Å². The van der Waals surface area contributed by atoms with Gasteiger partial charge in [0.1, 0.15) is 6.10 Å². The number of benzene rings is 1. The number of rotatable bonds is 5. The molecule has 1 aromatic carbocycles. The van der Waals surface area contributed by atoms with Crippen molar-refractivity contribution in [2.75, 3.05) is 6.54 Å². The Bertz CT molecular complexity index is 714. The average Bonchev–Trinajstić information content (AvgIpc) is 3.20. The lowest BCUT2D eigenvalue weighted by atomic mass is 10.1. The second-order valence-electron chi connectivity index (χ2n) is 5.81. The van der Waals surface area contributed by atoms with Crippen LogP contribution in [0, 0.1) is 6.92 Å². The number of nitrogens with one attached hydrogen (secondary N) is 1. The molecule has 6 nitrogen and oxygen atoms in total. The summed E-state index contributed by atoms with van der Waals surface area (Å²) in [6, 6.07) is 7.34. The zero-order valence-electron chi connectivity index (χ0n) is 13.4. The Labute approximate surface area is 145 Å². The van der Waals surface area contributed by atoms with E-state index < -0.39 is 6.10 Å². The number of aryl methyl sites for hydroxylation is 1. The van der Waals surface area contributed by atoms with Gasteiger partial charge in [-0.1, -0.05) is 11.6 Å². The predicted octanol–water partition coefficient (Wildman–Crippen LogP) is 2.43. The van der Waals surface area contributed by atoms with E-state index in [1.54, 1.807) is 12.1 Å². The van der Waals surface area contributed by atoms with Gasteiger partial charge < -0.3 is 20.2 Å². The lowest BCUT2D eigenvalue weighted by Gasteiger charge is -2.11. The molecule has 1 aromatic heterocycles. The maximum absolute atomic E-state index is 12.1. The third-order valence-corrected chi connectivity index (χ3v) is 4.28. The third-order valence-electron chi connectivity index (χ3n) is 4.02. The molecule has 24 heavy (non-hydrogen) atoms. The highest BCUT2D eigenvalue weighted by atomic mass is 35.5. The first-order valence-electron chi connectivity index (χ1n) is 7.92. The Hall–Kier alpha value is -1.89. The molecule has 2 atom stereocenters. The van der Waals surface area contributed by atoms with Crippen molar-refractivity contribution in [2.45, 2.75) is 38.5 Å². The SMILES string of the molecule is Cc1nc(CNC(=O)[C@@H]2CC[C@H](CN)O2)oc1-c1ccc(Cl)cc1. The van der Waals surface area contributed by atoms with Crippen LogP contribution in [-0.4, -0.2) is 29.6 Å². The summed E-state index contributed by atoms with van der Waals surface area (Å²) >= 11 is 5.90. The molecular formula is C17H20ClN3O3. The molecule has 1 aliphatic heterocycles. The van der Waals surface area contributed by atoms with Gasteiger partial charge in [0, 0.05) is 17.1 Å². The van der Waals surface area contributed by atoms with Crippen LogP contribution in [0.1, 0.15) is 24.4 Å². The molecule has 3 N–H and O–H groups in total. The maximum Gasteiger partial charge on any atom is 0.249 e. The zero-order valence-corrected chi connectivity index (χ0v) is 14.2. The minimum Gasteiger partial charge on any atom is -0.438 e. The molecule has 3 rings (SSSR count). The number of amides is 1. The highest BCUT2D eigenvalue weighted by molar-refractivity contribution is 6.30. The van der Waals surface area contributed by atoms with Gasteiger partial charge in [-0.25, -0.2) is 4.98 Å². The predicted molar refractivity (Wildman–Crippen MR) is 90.5 cm³/mol. The summed E-state index contributed by atoms with van der Waals surface area (Å²) in [5.74, 6) is 0.977. The number of halogens is 1. The first-order valence-corrected chi connectivity index (χ1v) is 8.30. The van der Waals surface area contributed by atoms with Crippen LogP contribution >= 0.6 is 11.6 Å². The fraction of sp³-hybridized carbons (Fsp3) is 0.412. The monoisotopic (exact) mass is 349 g/mol. The van der Waals surface area contributed by atoms with Crippen molar-refractivity contribution >= 4 is 17.5 Å². The van der Waals surface area contributed by atoms with Crippen LogP contribution in [0.2, 0.25) is 5.02 Å². The van der Waals surface area contributed by atoms with Crippen molar-refractivity contribution in [3.8, 4) is 11.3 Å². The first kappa shape index (κ1) is 17.0. The molecule has 7 heteroatoms. The normalized spacial score (nSPS) is 20.3. The second kappa shape index (κ2) is 7.34. The summed E-state index contributed by atoms with van der Waals surface area (Å²) in [4.78, 5) is 16.5. The largest absolute Gasteiger partial charge is 0.438 e. The Balaban J connectivity index is 1.61. The number of carbonyl (C=O) groups is 1. The van der Waals surface area contributed by atoms with Crippen molar-refractivity contribution in [3.05, 3.63) is 40.9 Å². The highest BCUT2D eigenvalue weighted by Gasteiger charge is 2.29. The molecule has 1 saturated heterocycles. The number of carbonyl (C=O) groups excluding carboxylic acids is 1. The van der Waals surface area contributed by atoms with E-state index in [-0.39, 0.29) is 18.6 Å². The summed E-state index contributed by atoms with van der Waals surface area (Å²) < 4.78 is 11.3. The fourth-order valence-corrected chi connectivity index (χ4v) is 2.87. The van der Waals surface area contributed by atoms with E-state index >= 15 is 0 Å². The number of nitrogens with two attached hydrogens (primary N) is 1. The van der Waals surface area contributed by atoms with E-state index in [2.05, 4.69) is 10.3 Å². The summed E-state index contributed by atoms with van der Waals surface area (Å²) in [6.07, 6.45) is 1.04. The van der Waals surface area contributed by atoms with E-state index in [1.165, 1.54) is 0 Å². The Morgan fingerprint density at radius 1 is 1.38 bits per heavy atom. The van der Waals surface area contributed by atoms with Gasteiger partial charge in [-0.3, -0.25) is 4.79 Å². The van der Waals surface area contributed by atoms with Gasteiger partial charge in [-0.2, -0.15) is 0 Å². The summed E-state index contributed by atoms with van der Waals surface area (Å²) in [5, 5.41) is 3.47. The number of hydrogen-bond donors (Lipinski definition) is 2. The number of hydrogen-bond acceptors (Lipinski definition) is 5. The molecular weight excluding hydrogens is 330 g/mol. The molecule has 0 spiro atoms. The lowest BCUT2D eigenvalue weighted by Crippen LogP contribution is -2.35. The first-order chi connectivity index (χ1) is 11.6. The van der Waals surface area contributed by atoms with E-state index in [4.69, 9.17) is 26.5 Å². The average molecular weight is 350 g/mol. The molecule has 2 aromatic rings. The zero-order chi connectivity index (χ0) is 17.1. The van der Waals surface area contributed by atoms with Gasteiger partial charge in [-0.15, -0.1) is 0 Å². The van der Waals surface area contributed by atoms with E-state index in [0.29, 0.717) is 29.6 Å². The molecule has 1 fully saturated rings. The molecule has 1 aliphatic rings. The Morgan fingerprint density at radius 3 is 2.79 bits per heavy atom. The topological polar surface area (TPSA) is 90.4 Å². The fourth-order valence-electron chi connectivity index (χ4n) is 2.75. The van der Waals surface area contributed by atoms with Crippen LogP contribution in [0.15, 0.2) is 28.7 Å². The Kier molecular flexibility index (Phi) is 5.18. The van der Waals surface area contributed by atoms with E-state index in [0.717, 1.165) is 17.7 Å². The molecule has 0 bridgehead atoms. The van der Waals surface area contributed by atoms with Crippen LogP contribution in [-0.2, 0) is 16.1 Å². The minimum absolute atomic E-state index is 0.0266. The van der Waals surface area contributed by atoms with Gasteiger partial charge in [0.2, 0.25) is 11.8 Å². The quantitative estimate of drug-likeness (QED) is 0.865. The maximum atomic E-state index is 12.1. The van der Waals surface area contributed by atoms with Crippen LogP contribution in [0.3, 0.4) is 0 Å². The van der Waals surface area contributed by atoms with Crippen molar-refractivity contribution in [1.82, 2.24) is 10.3 Å². The van der Waals surface area contributed by atoms with Crippen molar-refractivity contribution in [3.63, 3.8) is 0 Å². The molecule has 2 heterocycles. The highest BCUT2D eigenvalue weighted by Crippen LogP contribution is 2.26. The standard InChI is InChI=1S/C17H20ClN3O3/c1-10-16(11-2-4-12(18)5-3-11)24-15(21-10)9-20-17(22)14-7-6-13(8-19)23-14/h2-5,13-14H,6-9,19H2,1H3,(H,20,22)/t13-,14+/m1/s1. The van der Waals surface area contributed by atoms with E-state index in [9.17, 15) is 4.79 Å². The number of ether oxygens (including phenoxy) is 1. The molecule has 128 valence electrons. The van der Waals surface area contributed by atoms with Gasteiger partial charge in [0.15, 0.2) is 5.76 Å². The molecule has 0 unspecified atom stereocenters. The third kappa shape index (κ3) is 3.77. The number of oxazole rings is 1. The Morgan fingerprint density at radius 2 is 2.12 bits per heavy atom. The molecule has 0 radical (unpaired) electrons. The molecule has 0 saturated carbocycles. The number of aromatic nitrogens is 1. The number of nitrogens with zero attached hydrogens (tertiary/aromatic N) is 1. The van der Waals surface area contributed by atoms with Gasteiger partial charge in [-0.05, 0) is 44.0 Å². The van der Waals surface area contributed by atoms with Gasteiger partial charge in [0.25, 0.3) is 0 Å². The van der Waals surface area contributed by atoms with Crippen molar-refractivity contribution in [2.24, 2.45) is 5.73 Å². The van der Waals surface area contributed by atoms with Crippen LogP contribution < -0.4 is 11.1 Å². The van der Waals surface area contributed by atoms with Crippen molar-refractivity contribution < 1.29 is 13.9 Å². The summed E-state index contributed by atoms with van der Waals surface area (Å²) in [7, 11) is 0. The van der Waals surface area contributed by atoms with Crippen LogP contribution in [0.4, 0.5) is 0 Å².